The second-order valence-electron chi connectivity index (χ2n) is 6.29. The summed E-state index contributed by atoms with van der Waals surface area (Å²) in [5.41, 5.74) is 2.70. The SMILES string of the molecule is Cc1cnn(C)c1S(=O)(=O)N1CCCC(c2nc(C)c(C)[nH]2)C1. The number of nitrogens with one attached hydrogen (secondary N) is 1. The fourth-order valence-electron chi connectivity index (χ4n) is 3.18. The van der Waals surface area contributed by atoms with Crippen molar-refractivity contribution in [2.24, 2.45) is 7.05 Å². The number of aryl methyl sites for hydroxylation is 4. The lowest BCUT2D eigenvalue weighted by Gasteiger charge is -2.31. The molecule has 7 nitrogen and oxygen atoms in total. The molecule has 1 aliphatic heterocycles. The van der Waals surface area contributed by atoms with Crippen LogP contribution < -0.4 is 0 Å². The Bertz CT molecular complexity index is 782. The summed E-state index contributed by atoms with van der Waals surface area (Å²) in [7, 11) is -1.86. The second kappa shape index (κ2) is 5.76. The van der Waals surface area contributed by atoms with Gasteiger partial charge >= 0.3 is 0 Å². The summed E-state index contributed by atoms with van der Waals surface area (Å²) >= 11 is 0. The van der Waals surface area contributed by atoms with Crippen LogP contribution in [0.25, 0.3) is 0 Å². The molecule has 1 atom stereocenters. The molecule has 1 aliphatic rings. The van der Waals surface area contributed by atoms with E-state index in [-0.39, 0.29) is 10.9 Å². The van der Waals surface area contributed by atoms with Crippen LogP contribution >= 0.6 is 0 Å². The standard InChI is InChI=1S/C15H23N5O2S/c1-10-8-16-19(4)15(10)23(21,22)20-7-5-6-13(9-20)14-17-11(2)12(3)18-14/h8,13H,5-7,9H2,1-4H3,(H,17,18). The number of piperidine rings is 1. The quantitative estimate of drug-likeness (QED) is 0.923. The molecular formula is C15H23N5O2S. The molecule has 0 aromatic carbocycles. The number of H-pyrrole nitrogens is 1. The van der Waals surface area contributed by atoms with E-state index in [1.807, 2.05) is 13.8 Å². The van der Waals surface area contributed by atoms with Gasteiger partial charge in [0.1, 0.15) is 5.82 Å². The van der Waals surface area contributed by atoms with Gasteiger partial charge in [0.25, 0.3) is 10.0 Å². The van der Waals surface area contributed by atoms with Crippen LogP contribution in [0.2, 0.25) is 0 Å². The predicted octanol–water partition coefficient (Wildman–Crippen LogP) is 1.64. The van der Waals surface area contributed by atoms with E-state index in [0.717, 1.165) is 30.1 Å². The van der Waals surface area contributed by atoms with Crippen LogP contribution in [0.3, 0.4) is 0 Å². The highest BCUT2D eigenvalue weighted by Gasteiger charge is 2.34. The van der Waals surface area contributed by atoms with Crippen molar-refractivity contribution in [1.82, 2.24) is 24.1 Å². The van der Waals surface area contributed by atoms with Gasteiger partial charge in [0.2, 0.25) is 0 Å². The molecule has 0 bridgehead atoms. The monoisotopic (exact) mass is 337 g/mol. The van der Waals surface area contributed by atoms with Gasteiger partial charge in [0, 0.05) is 37.3 Å². The molecule has 3 rings (SSSR count). The van der Waals surface area contributed by atoms with E-state index < -0.39 is 10.0 Å². The van der Waals surface area contributed by atoms with Gasteiger partial charge in [-0.3, -0.25) is 4.68 Å². The maximum Gasteiger partial charge on any atom is 0.260 e. The minimum Gasteiger partial charge on any atom is -0.346 e. The number of hydrogen-bond acceptors (Lipinski definition) is 4. The van der Waals surface area contributed by atoms with Gasteiger partial charge in [0.15, 0.2) is 5.03 Å². The molecule has 0 saturated carbocycles. The first-order valence-electron chi connectivity index (χ1n) is 7.82. The molecule has 1 saturated heterocycles. The van der Waals surface area contributed by atoms with Crippen LogP contribution in [-0.4, -0.2) is 45.6 Å². The Morgan fingerprint density at radius 1 is 1.30 bits per heavy atom. The Morgan fingerprint density at radius 3 is 2.61 bits per heavy atom. The highest BCUT2D eigenvalue weighted by atomic mass is 32.2. The van der Waals surface area contributed by atoms with Crippen molar-refractivity contribution in [2.75, 3.05) is 13.1 Å². The molecule has 0 spiro atoms. The van der Waals surface area contributed by atoms with Crippen molar-refractivity contribution in [3.63, 3.8) is 0 Å². The Balaban J connectivity index is 1.89. The van der Waals surface area contributed by atoms with Crippen LogP contribution in [0.4, 0.5) is 0 Å². The fourth-order valence-corrected chi connectivity index (χ4v) is 5.01. The van der Waals surface area contributed by atoms with Gasteiger partial charge < -0.3 is 4.98 Å². The van der Waals surface area contributed by atoms with Crippen LogP contribution in [0, 0.1) is 20.8 Å². The van der Waals surface area contributed by atoms with E-state index >= 15 is 0 Å². The second-order valence-corrected chi connectivity index (χ2v) is 8.14. The average molecular weight is 337 g/mol. The zero-order valence-electron chi connectivity index (χ0n) is 14.0. The topological polar surface area (TPSA) is 83.9 Å². The number of sulfonamides is 1. The maximum atomic E-state index is 13.0. The Hall–Kier alpha value is -1.67. The first-order valence-corrected chi connectivity index (χ1v) is 9.26. The Kier molecular flexibility index (Phi) is 4.05. The molecule has 1 fully saturated rings. The third kappa shape index (κ3) is 2.81. The van der Waals surface area contributed by atoms with E-state index in [9.17, 15) is 8.42 Å². The number of imidazole rings is 1. The van der Waals surface area contributed by atoms with Crippen molar-refractivity contribution < 1.29 is 8.42 Å². The first-order chi connectivity index (χ1) is 10.8. The zero-order valence-corrected chi connectivity index (χ0v) is 14.8. The van der Waals surface area contributed by atoms with Crippen LogP contribution in [0.15, 0.2) is 11.2 Å². The summed E-state index contributed by atoms with van der Waals surface area (Å²) in [6.07, 6.45) is 3.37. The highest BCUT2D eigenvalue weighted by Crippen LogP contribution is 2.30. The van der Waals surface area contributed by atoms with Gasteiger partial charge in [-0.15, -0.1) is 0 Å². The van der Waals surface area contributed by atoms with E-state index in [1.165, 1.54) is 4.68 Å². The molecule has 3 heterocycles. The smallest absolute Gasteiger partial charge is 0.260 e. The molecule has 0 aliphatic carbocycles. The molecule has 2 aromatic rings. The number of hydrogen-bond donors (Lipinski definition) is 1. The van der Waals surface area contributed by atoms with Gasteiger partial charge in [-0.05, 0) is 33.6 Å². The summed E-state index contributed by atoms with van der Waals surface area (Å²) in [6, 6.07) is 0. The van der Waals surface area contributed by atoms with Crippen LogP contribution in [-0.2, 0) is 17.1 Å². The third-order valence-electron chi connectivity index (χ3n) is 4.56. The number of aromatic nitrogens is 4. The number of nitrogens with zero attached hydrogens (tertiary/aromatic N) is 4. The van der Waals surface area contributed by atoms with Gasteiger partial charge in [0.05, 0.1) is 11.9 Å². The lowest BCUT2D eigenvalue weighted by Crippen LogP contribution is -2.40. The molecule has 1 unspecified atom stereocenters. The van der Waals surface area contributed by atoms with Crippen LogP contribution in [0.1, 0.15) is 41.5 Å². The Morgan fingerprint density at radius 2 is 2.04 bits per heavy atom. The van der Waals surface area contributed by atoms with Crippen molar-refractivity contribution >= 4 is 10.0 Å². The molecule has 1 N–H and O–H groups in total. The molecule has 0 radical (unpaired) electrons. The summed E-state index contributed by atoms with van der Waals surface area (Å²) < 4.78 is 29.0. The first kappa shape index (κ1) is 16.2. The van der Waals surface area contributed by atoms with Gasteiger partial charge in [-0.1, -0.05) is 0 Å². The van der Waals surface area contributed by atoms with Crippen molar-refractivity contribution in [3.05, 3.63) is 29.0 Å². The van der Waals surface area contributed by atoms with Crippen LogP contribution in [0.5, 0.6) is 0 Å². The van der Waals surface area contributed by atoms with E-state index in [1.54, 1.807) is 24.5 Å². The molecular weight excluding hydrogens is 314 g/mol. The summed E-state index contributed by atoms with van der Waals surface area (Å²) in [4.78, 5) is 7.85. The molecule has 2 aromatic heterocycles. The highest BCUT2D eigenvalue weighted by molar-refractivity contribution is 7.89. The zero-order chi connectivity index (χ0) is 16.8. The van der Waals surface area contributed by atoms with E-state index in [2.05, 4.69) is 15.1 Å². The number of aromatic amines is 1. The molecule has 23 heavy (non-hydrogen) atoms. The molecule has 0 amide bonds. The van der Waals surface area contributed by atoms with Crippen molar-refractivity contribution in [3.8, 4) is 0 Å². The lowest BCUT2D eigenvalue weighted by atomic mass is 9.99. The predicted molar refractivity (Wildman–Crippen MR) is 86.7 cm³/mol. The average Bonchev–Trinajstić information content (AvgIpc) is 3.02. The van der Waals surface area contributed by atoms with Gasteiger partial charge in [-0.2, -0.15) is 9.40 Å². The minimum absolute atomic E-state index is 0.111. The number of rotatable bonds is 3. The summed E-state index contributed by atoms with van der Waals surface area (Å²) in [6.45, 7) is 6.73. The van der Waals surface area contributed by atoms with Crippen molar-refractivity contribution in [1.29, 1.82) is 0 Å². The van der Waals surface area contributed by atoms with Gasteiger partial charge in [-0.25, -0.2) is 13.4 Å². The summed E-state index contributed by atoms with van der Waals surface area (Å²) in [5, 5.41) is 4.34. The normalized spacial score (nSPS) is 20.1. The lowest BCUT2D eigenvalue weighted by molar-refractivity contribution is 0.307. The van der Waals surface area contributed by atoms with E-state index in [0.29, 0.717) is 18.7 Å². The molecule has 126 valence electrons. The largest absolute Gasteiger partial charge is 0.346 e. The van der Waals surface area contributed by atoms with Crippen molar-refractivity contribution in [2.45, 2.75) is 44.6 Å². The maximum absolute atomic E-state index is 13.0. The minimum atomic E-state index is -3.53. The Labute approximate surface area is 136 Å². The fraction of sp³-hybridized carbons (Fsp3) is 0.600. The molecule has 8 heteroatoms. The summed E-state index contributed by atoms with van der Waals surface area (Å²) in [5.74, 6) is 1.00. The third-order valence-corrected chi connectivity index (χ3v) is 6.64. The van der Waals surface area contributed by atoms with E-state index in [4.69, 9.17) is 0 Å².